The fourth-order valence-corrected chi connectivity index (χ4v) is 3.87. The minimum atomic E-state index is -0.194. The van der Waals surface area contributed by atoms with Crippen LogP contribution in [0.15, 0.2) is 41.1 Å². The lowest BCUT2D eigenvalue weighted by molar-refractivity contribution is -0.115. The van der Waals surface area contributed by atoms with E-state index < -0.39 is 0 Å². The highest BCUT2D eigenvalue weighted by molar-refractivity contribution is 7.14. The first-order chi connectivity index (χ1) is 11.2. The van der Waals surface area contributed by atoms with E-state index in [1.54, 1.807) is 11.4 Å². The second-order valence-corrected chi connectivity index (χ2v) is 6.81. The van der Waals surface area contributed by atoms with E-state index in [4.69, 9.17) is 16.9 Å². The second-order valence-electron chi connectivity index (χ2n) is 4.62. The second kappa shape index (κ2) is 6.92. The number of hydrogen-bond acceptors (Lipinski definition) is 5. The van der Waals surface area contributed by atoms with Gasteiger partial charge in [-0.1, -0.05) is 29.8 Å². The van der Waals surface area contributed by atoms with Crippen LogP contribution in [0.5, 0.6) is 0 Å². The van der Waals surface area contributed by atoms with Gasteiger partial charge in [-0.05, 0) is 17.5 Å². The Bertz CT molecular complexity index is 895. The van der Waals surface area contributed by atoms with Gasteiger partial charge in [0.1, 0.15) is 16.1 Å². The third-order valence-corrected chi connectivity index (χ3v) is 5.12. The summed E-state index contributed by atoms with van der Waals surface area (Å²) in [5, 5.41) is 17.3. The van der Waals surface area contributed by atoms with E-state index in [9.17, 15) is 4.79 Å². The summed E-state index contributed by atoms with van der Waals surface area (Å²) in [5.74, 6) is -0.194. The monoisotopic (exact) mass is 359 g/mol. The molecule has 0 saturated heterocycles. The number of aromatic nitrogens is 1. The number of halogens is 1. The summed E-state index contributed by atoms with van der Waals surface area (Å²) in [7, 11) is 0. The summed E-state index contributed by atoms with van der Waals surface area (Å²) < 4.78 is 0. The van der Waals surface area contributed by atoms with E-state index in [0.717, 1.165) is 10.6 Å². The Morgan fingerprint density at radius 2 is 2.13 bits per heavy atom. The molecule has 0 bridgehead atoms. The number of hydrogen-bond donors (Lipinski definition) is 1. The molecular weight excluding hydrogens is 350 g/mol. The van der Waals surface area contributed by atoms with Crippen LogP contribution in [0.3, 0.4) is 0 Å². The number of nitrogens with one attached hydrogen (secondary N) is 1. The van der Waals surface area contributed by atoms with Crippen LogP contribution in [0.4, 0.5) is 5.00 Å². The Morgan fingerprint density at radius 1 is 1.30 bits per heavy atom. The quantitative estimate of drug-likeness (QED) is 0.741. The summed E-state index contributed by atoms with van der Waals surface area (Å²) in [6, 6.07) is 11.2. The molecule has 2 aromatic heterocycles. The first-order valence-electron chi connectivity index (χ1n) is 6.64. The number of anilines is 1. The van der Waals surface area contributed by atoms with E-state index in [1.165, 1.54) is 22.7 Å². The highest BCUT2D eigenvalue weighted by Crippen LogP contribution is 2.30. The van der Waals surface area contributed by atoms with Gasteiger partial charge in [0.15, 0.2) is 0 Å². The van der Waals surface area contributed by atoms with E-state index >= 15 is 0 Å². The van der Waals surface area contributed by atoms with Crippen LogP contribution in [-0.2, 0) is 11.2 Å². The molecule has 114 valence electrons. The molecule has 3 rings (SSSR count). The summed E-state index contributed by atoms with van der Waals surface area (Å²) >= 11 is 8.94. The van der Waals surface area contributed by atoms with Gasteiger partial charge in [-0.15, -0.1) is 22.7 Å². The van der Waals surface area contributed by atoms with Gasteiger partial charge < -0.3 is 5.32 Å². The van der Waals surface area contributed by atoms with Crippen molar-refractivity contribution in [1.29, 1.82) is 5.26 Å². The maximum atomic E-state index is 12.1. The fraction of sp³-hybridized carbons (Fsp3) is 0.0625. The summed E-state index contributed by atoms with van der Waals surface area (Å²) in [6.07, 6.45) is 0.156. The van der Waals surface area contributed by atoms with E-state index in [1.807, 2.05) is 35.7 Å². The molecule has 0 radical (unpaired) electrons. The molecule has 4 nitrogen and oxygen atoms in total. The fourth-order valence-electron chi connectivity index (χ4n) is 1.98. The zero-order chi connectivity index (χ0) is 16.2. The van der Waals surface area contributed by atoms with E-state index in [-0.39, 0.29) is 12.3 Å². The first kappa shape index (κ1) is 15.7. The number of carbonyl (C=O) groups is 1. The van der Waals surface area contributed by atoms with Crippen molar-refractivity contribution in [3.63, 3.8) is 0 Å². The molecule has 0 aliphatic rings. The molecular formula is C16H10ClN3OS2. The lowest BCUT2D eigenvalue weighted by atomic mass is 10.2. The van der Waals surface area contributed by atoms with Crippen LogP contribution >= 0.6 is 34.3 Å². The predicted octanol–water partition coefficient (Wildman–Crippen LogP) is 4.58. The number of nitrogens with zero attached hydrogens (tertiary/aromatic N) is 2. The van der Waals surface area contributed by atoms with Gasteiger partial charge in [-0.25, -0.2) is 4.98 Å². The molecule has 1 N–H and O–H groups in total. The smallest absolute Gasteiger partial charge is 0.231 e. The number of nitriles is 1. The largest absolute Gasteiger partial charge is 0.316 e. The Balaban J connectivity index is 1.71. The van der Waals surface area contributed by atoms with Crippen LogP contribution in [-0.4, -0.2) is 10.9 Å². The van der Waals surface area contributed by atoms with Crippen molar-refractivity contribution in [3.05, 3.63) is 57.4 Å². The van der Waals surface area contributed by atoms with Crippen LogP contribution in [0.1, 0.15) is 11.3 Å². The lowest BCUT2D eigenvalue weighted by Gasteiger charge is -2.01. The molecule has 0 aliphatic carbocycles. The number of thiophene rings is 1. The zero-order valence-corrected chi connectivity index (χ0v) is 14.1. The molecule has 1 aromatic carbocycles. The molecule has 0 aliphatic heterocycles. The van der Waals surface area contributed by atoms with Crippen molar-refractivity contribution in [2.75, 3.05) is 5.32 Å². The molecule has 0 atom stereocenters. The van der Waals surface area contributed by atoms with Crippen molar-refractivity contribution in [1.82, 2.24) is 4.98 Å². The minimum Gasteiger partial charge on any atom is -0.316 e. The van der Waals surface area contributed by atoms with Gasteiger partial charge in [0.25, 0.3) is 0 Å². The Hall–Kier alpha value is -2.20. The first-order valence-corrected chi connectivity index (χ1v) is 8.78. The predicted molar refractivity (Wildman–Crippen MR) is 93.9 cm³/mol. The molecule has 0 fully saturated rings. The van der Waals surface area contributed by atoms with Gasteiger partial charge in [0.2, 0.25) is 5.91 Å². The number of thiazole rings is 1. The van der Waals surface area contributed by atoms with Crippen molar-refractivity contribution in [2.45, 2.75) is 6.42 Å². The zero-order valence-electron chi connectivity index (χ0n) is 11.7. The van der Waals surface area contributed by atoms with Crippen molar-refractivity contribution < 1.29 is 4.79 Å². The normalized spacial score (nSPS) is 10.3. The van der Waals surface area contributed by atoms with E-state index in [2.05, 4.69) is 10.3 Å². The lowest BCUT2D eigenvalue weighted by Crippen LogP contribution is -2.14. The minimum absolute atomic E-state index is 0.156. The third-order valence-electron chi connectivity index (χ3n) is 3.04. The Labute approximate surface area is 146 Å². The molecule has 1 amide bonds. The van der Waals surface area contributed by atoms with Gasteiger partial charge in [-0.2, -0.15) is 5.26 Å². The SMILES string of the molecule is N#Cc1ccsc1NC(=O)Cc1csc(-c2ccccc2Cl)n1. The van der Waals surface area contributed by atoms with Gasteiger partial charge in [0, 0.05) is 10.9 Å². The highest BCUT2D eigenvalue weighted by atomic mass is 35.5. The molecule has 7 heteroatoms. The van der Waals surface area contributed by atoms with Crippen LogP contribution < -0.4 is 5.32 Å². The summed E-state index contributed by atoms with van der Waals surface area (Å²) in [4.78, 5) is 16.6. The maximum absolute atomic E-state index is 12.1. The van der Waals surface area contributed by atoms with Crippen LogP contribution in [0.2, 0.25) is 5.02 Å². The van der Waals surface area contributed by atoms with Gasteiger partial charge >= 0.3 is 0 Å². The average molecular weight is 360 g/mol. The molecule has 0 unspecified atom stereocenters. The maximum Gasteiger partial charge on any atom is 0.231 e. The van der Waals surface area contributed by atoms with Crippen molar-refractivity contribution >= 4 is 45.2 Å². The number of carbonyl (C=O) groups excluding carboxylic acids is 1. The topological polar surface area (TPSA) is 65.8 Å². The molecule has 0 saturated carbocycles. The molecule has 2 heterocycles. The highest BCUT2D eigenvalue weighted by Gasteiger charge is 2.13. The molecule has 0 spiro atoms. The number of benzene rings is 1. The molecule has 3 aromatic rings. The Kier molecular flexibility index (Phi) is 4.72. The Morgan fingerprint density at radius 3 is 2.91 bits per heavy atom. The van der Waals surface area contributed by atoms with Crippen LogP contribution in [0.25, 0.3) is 10.6 Å². The van der Waals surface area contributed by atoms with Gasteiger partial charge in [0.05, 0.1) is 22.7 Å². The third kappa shape index (κ3) is 3.59. The van der Waals surface area contributed by atoms with Crippen molar-refractivity contribution in [2.24, 2.45) is 0 Å². The summed E-state index contributed by atoms with van der Waals surface area (Å²) in [6.45, 7) is 0. The average Bonchev–Trinajstić information content (AvgIpc) is 3.17. The number of amides is 1. The van der Waals surface area contributed by atoms with Crippen molar-refractivity contribution in [3.8, 4) is 16.6 Å². The standard InChI is InChI=1S/C16H10ClN3OS2/c17-13-4-2-1-3-12(13)16-19-11(9-23-16)7-14(21)20-15-10(8-18)5-6-22-15/h1-6,9H,7H2,(H,20,21). The number of rotatable bonds is 4. The molecule has 23 heavy (non-hydrogen) atoms. The van der Waals surface area contributed by atoms with Gasteiger partial charge in [-0.3, -0.25) is 4.79 Å². The summed E-state index contributed by atoms with van der Waals surface area (Å²) in [5.41, 5.74) is 2.01. The van der Waals surface area contributed by atoms with E-state index in [0.29, 0.717) is 21.3 Å². The van der Waals surface area contributed by atoms with Crippen LogP contribution in [0, 0.1) is 11.3 Å².